The van der Waals surface area contributed by atoms with Gasteiger partial charge in [0, 0.05) is 24.4 Å². The number of carbonyl (C=O) groups is 1. The zero-order valence-corrected chi connectivity index (χ0v) is 9.75. The minimum atomic E-state index is -0.434. The van der Waals surface area contributed by atoms with E-state index in [1.807, 2.05) is 0 Å². The maximum Gasteiger partial charge on any atom is 0.384 e. The molecule has 0 spiro atoms. The van der Waals surface area contributed by atoms with Crippen LogP contribution in [0.1, 0.15) is 26.7 Å². The molecule has 0 radical (unpaired) electrons. The highest BCUT2D eigenvalue weighted by atomic mass is 16.5. The molecule has 0 bridgehead atoms. The Morgan fingerprint density at radius 3 is 2.87 bits per heavy atom. The van der Waals surface area contributed by atoms with Crippen LogP contribution in [0.5, 0.6) is 0 Å². The molecule has 0 aromatic carbocycles. The molecule has 1 aliphatic heterocycles. The summed E-state index contributed by atoms with van der Waals surface area (Å²) < 4.78 is 4.49. The van der Waals surface area contributed by atoms with Gasteiger partial charge in [-0.25, -0.2) is 4.79 Å². The lowest BCUT2D eigenvalue weighted by Gasteiger charge is -2.33. The first kappa shape index (κ1) is 12.1. The molecule has 0 saturated carbocycles. The van der Waals surface area contributed by atoms with Crippen LogP contribution in [0, 0.1) is 17.8 Å². The van der Waals surface area contributed by atoms with E-state index >= 15 is 0 Å². The minimum absolute atomic E-state index is 0.320. The molecule has 15 heavy (non-hydrogen) atoms. The van der Waals surface area contributed by atoms with Crippen LogP contribution in [0.4, 0.5) is 0 Å². The van der Waals surface area contributed by atoms with Gasteiger partial charge in [-0.3, -0.25) is 4.90 Å². The number of hydrogen-bond donors (Lipinski definition) is 0. The van der Waals surface area contributed by atoms with Crippen molar-refractivity contribution in [1.29, 1.82) is 0 Å². The van der Waals surface area contributed by atoms with Crippen molar-refractivity contribution in [3.63, 3.8) is 0 Å². The zero-order valence-electron chi connectivity index (χ0n) is 9.75. The van der Waals surface area contributed by atoms with Crippen molar-refractivity contribution in [3.05, 3.63) is 0 Å². The van der Waals surface area contributed by atoms with Crippen LogP contribution in [0.2, 0.25) is 0 Å². The second kappa shape index (κ2) is 5.77. The number of carbonyl (C=O) groups excluding carboxylic acids is 1. The SMILES string of the molecule is COC(=O)C#CC1CCCN(C(C)C)C1. The fraction of sp³-hybridized carbons (Fsp3) is 0.750. The Bertz CT molecular complexity index is 275. The molecule has 1 aliphatic rings. The molecule has 3 nitrogen and oxygen atoms in total. The van der Waals surface area contributed by atoms with Gasteiger partial charge in [-0.2, -0.15) is 0 Å². The summed E-state index contributed by atoms with van der Waals surface area (Å²) in [6, 6.07) is 0.563. The van der Waals surface area contributed by atoms with Gasteiger partial charge in [0.05, 0.1) is 7.11 Å². The molecule has 3 heteroatoms. The van der Waals surface area contributed by atoms with Crippen LogP contribution < -0.4 is 0 Å². The van der Waals surface area contributed by atoms with E-state index in [1.54, 1.807) is 0 Å². The highest BCUT2D eigenvalue weighted by Crippen LogP contribution is 2.17. The summed E-state index contributed by atoms with van der Waals surface area (Å²) in [5.74, 6) is 5.40. The van der Waals surface area contributed by atoms with Gasteiger partial charge < -0.3 is 4.74 Å². The Morgan fingerprint density at radius 1 is 1.53 bits per heavy atom. The molecule has 1 fully saturated rings. The smallest absolute Gasteiger partial charge is 0.384 e. The van der Waals surface area contributed by atoms with Gasteiger partial charge in [-0.1, -0.05) is 5.92 Å². The van der Waals surface area contributed by atoms with E-state index in [0.717, 1.165) is 19.5 Å². The van der Waals surface area contributed by atoms with Crippen molar-refractivity contribution in [2.24, 2.45) is 5.92 Å². The van der Waals surface area contributed by atoms with Gasteiger partial charge in [0.2, 0.25) is 0 Å². The first-order valence-electron chi connectivity index (χ1n) is 5.47. The number of ether oxygens (including phenoxy) is 1. The fourth-order valence-electron chi connectivity index (χ4n) is 1.81. The molecule has 0 aromatic heterocycles. The maximum absolute atomic E-state index is 10.9. The topological polar surface area (TPSA) is 29.5 Å². The van der Waals surface area contributed by atoms with Crippen LogP contribution in [-0.4, -0.2) is 37.1 Å². The van der Waals surface area contributed by atoms with Crippen LogP contribution in [0.15, 0.2) is 0 Å². The first-order valence-corrected chi connectivity index (χ1v) is 5.47. The van der Waals surface area contributed by atoms with E-state index in [2.05, 4.69) is 35.3 Å². The standard InChI is InChI=1S/C12H19NO2/c1-10(2)13-8-4-5-11(9-13)6-7-12(14)15-3/h10-11H,4-5,8-9H2,1-3H3. The van der Waals surface area contributed by atoms with Crippen LogP contribution >= 0.6 is 0 Å². The molecule has 0 amide bonds. The molecule has 84 valence electrons. The highest BCUT2D eigenvalue weighted by Gasteiger charge is 2.19. The van der Waals surface area contributed by atoms with E-state index in [0.29, 0.717) is 12.0 Å². The Balaban J connectivity index is 2.48. The summed E-state index contributed by atoms with van der Waals surface area (Å²) in [4.78, 5) is 13.3. The third-order valence-corrected chi connectivity index (χ3v) is 2.75. The molecule has 1 heterocycles. The Labute approximate surface area is 91.8 Å². The lowest BCUT2D eigenvalue weighted by Crippen LogP contribution is -2.39. The summed E-state index contributed by atoms with van der Waals surface area (Å²) in [6.07, 6.45) is 2.26. The largest absolute Gasteiger partial charge is 0.459 e. The van der Waals surface area contributed by atoms with Crippen LogP contribution in [0.3, 0.4) is 0 Å². The predicted molar refractivity (Wildman–Crippen MR) is 59.2 cm³/mol. The van der Waals surface area contributed by atoms with Gasteiger partial charge in [0.15, 0.2) is 0 Å². The van der Waals surface area contributed by atoms with Gasteiger partial charge in [-0.05, 0) is 33.2 Å². The Kier molecular flexibility index (Phi) is 4.64. The first-order chi connectivity index (χ1) is 7.13. The number of rotatable bonds is 1. The summed E-state index contributed by atoms with van der Waals surface area (Å²) >= 11 is 0. The average Bonchev–Trinajstić information content (AvgIpc) is 2.26. The molecule has 1 rings (SSSR count). The van der Waals surface area contributed by atoms with E-state index in [4.69, 9.17) is 0 Å². The molecular weight excluding hydrogens is 190 g/mol. The third kappa shape index (κ3) is 3.93. The number of hydrogen-bond acceptors (Lipinski definition) is 3. The van der Waals surface area contributed by atoms with Gasteiger partial charge >= 0.3 is 5.97 Å². The molecular formula is C12H19NO2. The second-order valence-corrected chi connectivity index (χ2v) is 4.19. The van der Waals surface area contributed by atoms with Crippen molar-refractivity contribution < 1.29 is 9.53 Å². The quantitative estimate of drug-likeness (QED) is 0.370. The Hall–Kier alpha value is -1.01. The maximum atomic E-state index is 10.9. The van der Waals surface area contributed by atoms with E-state index in [1.165, 1.54) is 13.5 Å². The van der Waals surface area contributed by atoms with Crippen molar-refractivity contribution in [3.8, 4) is 11.8 Å². The molecule has 0 aliphatic carbocycles. The van der Waals surface area contributed by atoms with Crippen molar-refractivity contribution >= 4 is 5.97 Å². The lowest BCUT2D eigenvalue weighted by atomic mass is 9.97. The van der Waals surface area contributed by atoms with E-state index in [9.17, 15) is 4.79 Å². The number of piperidine rings is 1. The van der Waals surface area contributed by atoms with Crippen LogP contribution in [-0.2, 0) is 9.53 Å². The number of esters is 1. The van der Waals surface area contributed by atoms with Gasteiger partial charge in [0.25, 0.3) is 0 Å². The molecule has 1 unspecified atom stereocenters. The lowest BCUT2D eigenvalue weighted by molar-refractivity contribution is -0.133. The van der Waals surface area contributed by atoms with Crippen molar-refractivity contribution in [1.82, 2.24) is 4.90 Å². The summed E-state index contributed by atoms with van der Waals surface area (Å²) in [5, 5.41) is 0. The monoisotopic (exact) mass is 209 g/mol. The normalized spacial score (nSPS) is 22.0. The Morgan fingerprint density at radius 2 is 2.27 bits per heavy atom. The number of likely N-dealkylation sites (tertiary alicyclic amines) is 1. The van der Waals surface area contributed by atoms with E-state index in [-0.39, 0.29) is 0 Å². The van der Waals surface area contributed by atoms with Crippen molar-refractivity contribution in [2.75, 3.05) is 20.2 Å². The second-order valence-electron chi connectivity index (χ2n) is 4.19. The van der Waals surface area contributed by atoms with Gasteiger partial charge in [0.1, 0.15) is 0 Å². The number of methoxy groups -OCH3 is 1. The van der Waals surface area contributed by atoms with Crippen LogP contribution in [0.25, 0.3) is 0 Å². The predicted octanol–water partition coefficient (Wildman–Crippen LogP) is 1.28. The number of nitrogens with zero attached hydrogens (tertiary/aromatic N) is 1. The van der Waals surface area contributed by atoms with Crippen molar-refractivity contribution in [2.45, 2.75) is 32.7 Å². The molecule has 0 aromatic rings. The summed E-state index contributed by atoms with van der Waals surface area (Å²) in [6.45, 7) is 6.50. The minimum Gasteiger partial charge on any atom is -0.459 e. The molecule has 1 atom stereocenters. The van der Waals surface area contributed by atoms with Gasteiger partial charge in [-0.15, -0.1) is 0 Å². The molecule has 1 saturated heterocycles. The summed E-state index contributed by atoms with van der Waals surface area (Å²) in [5.41, 5.74) is 0. The fourth-order valence-corrected chi connectivity index (χ4v) is 1.81. The molecule has 0 N–H and O–H groups in total. The third-order valence-electron chi connectivity index (χ3n) is 2.75. The summed E-state index contributed by atoms with van der Waals surface area (Å²) in [7, 11) is 1.36. The zero-order chi connectivity index (χ0) is 11.3. The highest BCUT2D eigenvalue weighted by molar-refractivity contribution is 5.88. The average molecular weight is 209 g/mol. The van der Waals surface area contributed by atoms with E-state index < -0.39 is 5.97 Å².